The van der Waals surface area contributed by atoms with E-state index in [1.165, 1.54) is 11.3 Å². The molecule has 2 unspecified atom stereocenters. The van der Waals surface area contributed by atoms with Gasteiger partial charge >= 0.3 is 0 Å². The van der Waals surface area contributed by atoms with Gasteiger partial charge in [-0.15, -0.1) is 23.2 Å². The highest BCUT2D eigenvalue weighted by Gasteiger charge is 2.22. The molecule has 2 atom stereocenters. The summed E-state index contributed by atoms with van der Waals surface area (Å²) >= 11 is 11.8. The molecule has 0 spiro atoms. The number of rotatable bonds is 17. The lowest BCUT2D eigenvalue weighted by Crippen LogP contribution is -2.31. The molecule has 0 saturated heterocycles. The van der Waals surface area contributed by atoms with E-state index in [1.807, 2.05) is 0 Å². The van der Waals surface area contributed by atoms with Gasteiger partial charge in [-0.2, -0.15) is 0 Å². The first kappa shape index (κ1) is 27.5. The first-order chi connectivity index (χ1) is 14.4. The molecule has 1 aromatic carbocycles. The highest BCUT2D eigenvalue weighted by atomic mass is 35.5. The van der Waals surface area contributed by atoms with Crippen molar-refractivity contribution in [1.29, 1.82) is 0 Å². The molecule has 0 saturated carbocycles. The maximum Gasteiger partial charge on any atom is 0.0598 e. The molecular formula is C24H43Cl2N3O. The molecule has 0 fully saturated rings. The maximum atomic E-state index is 6.25. The molecule has 6 heteroatoms. The van der Waals surface area contributed by atoms with Crippen LogP contribution in [0.3, 0.4) is 0 Å². The predicted octanol–water partition coefficient (Wildman–Crippen LogP) is 5.26. The molecule has 1 aromatic rings. The Hall–Kier alpha value is -0.520. The molecule has 0 amide bonds. The summed E-state index contributed by atoms with van der Waals surface area (Å²) in [7, 11) is 0. The van der Waals surface area contributed by atoms with Gasteiger partial charge in [-0.3, -0.25) is 0 Å². The Morgan fingerprint density at radius 3 is 2.30 bits per heavy atom. The number of nitrogens with zero attached hydrogens (tertiary/aromatic N) is 1. The molecule has 0 bridgehead atoms. The van der Waals surface area contributed by atoms with Gasteiger partial charge in [-0.05, 0) is 61.4 Å². The van der Waals surface area contributed by atoms with Crippen LogP contribution in [0.25, 0.3) is 0 Å². The molecule has 3 N–H and O–H groups in total. The van der Waals surface area contributed by atoms with Crippen LogP contribution in [0.4, 0.5) is 5.69 Å². The molecule has 4 nitrogen and oxygen atoms in total. The minimum atomic E-state index is 0.148. The van der Waals surface area contributed by atoms with Crippen LogP contribution in [-0.2, 0) is 11.3 Å². The first-order valence-corrected chi connectivity index (χ1v) is 12.4. The van der Waals surface area contributed by atoms with Crippen LogP contribution in [-0.4, -0.2) is 50.6 Å². The third kappa shape index (κ3) is 10.7. The van der Waals surface area contributed by atoms with Crippen molar-refractivity contribution in [2.24, 2.45) is 17.1 Å². The molecule has 1 rings (SSSR count). The summed E-state index contributed by atoms with van der Waals surface area (Å²) in [6.07, 6.45) is 3.45. The first-order valence-electron chi connectivity index (χ1n) is 11.3. The van der Waals surface area contributed by atoms with E-state index in [0.717, 1.165) is 52.0 Å². The van der Waals surface area contributed by atoms with E-state index in [0.29, 0.717) is 30.3 Å². The van der Waals surface area contributed by atoms with E-state index in [4.69, 9.17) is 33.7 Å². The van der Waals surface area contributed by atoms with Crippen LogP contribution in [0.2, 0.25) is 0 Å². The van der Waals surface area contributed by atoms with E-state index in [2.05, 4.69) is 62.2 Å². The number of ether oxygens (including phenoxy) is 1. The second-order valence-electron chi connectivity index (χ2n) is 8.93. The van der Waals surface area contributed by atoms with E-state index < -0.39 is 0 Å². The SMILES string of the molecule is CCC(OCC(C)(C)CCN)C(C)CCNCc1ccc(N(CCCl)CCCl)cc1. The van der Waals surface area contributed by atoms with Gasteiger partial charge < -0.3 is 20.7 Å². The largest absolute Gasteiger partial charge is 0.377 e. The molecule has 0 radical (unpaired) electrons. The van der Waals surface area contributed by atoms with E-state index >= 15 is 0 Å². The van der Waals surface area contributed by atoms with Gasteiger partial charge in [0.25, 0.3) is 0 Å². The van der Waals surface area contributed by atoms with Gasteiger partial charge in [0, 0.05) is 37.1 Å². The molecule has 30 heavy (non-hydrogen) atoms. The van der Waals surface area contributed by atoms with Crippen molar-refractivity contribution in [1.82, 2.24) is 5.32 Å². The lowest BCUT2D eigenvalue weighted by Gasteiger charge is -2.30. The number of nitrogens with one attached hydrogen (secondary N) is 1. The Balaban J connectivity index is 2.39. The smallest absolute Gasteiger partial charge is 0.0598 e. The van der Waals surface area contributed by atoms with Crippen LogP contribution in [0.5, 0.6) is 0 Å². The number of alkyl halides is 2. The summed E-state index contributed by atoms with van der Waals surface area (Å²) in [5, 5.41) is 3.58. The molecular weight excluding hydrogens is 417 g/mol. The van der Waals surface area contributed by atoms with Crippen LogP contribution >= 0.6 is 23.2 Å². The Bertz CT molecular complexity index is 548. The fraction of sp³-hybridized carbons (Fsp3) is 0.750. The molecule has 0 aromatic heterocycles. The van der Waals surface area contributed by atoms with Crippen molar-refractivity contribution in [2.75, 3.05) is 49.4 Å². The number of hydrogen-bond donors (Lipinski definition) is 2. The molecule has 0 aliphatic heterocycles. The molecule has 174 valence electrons. The van der Waals surface area contributed by atoms with Gasteiger partial charge in [-0.25, -0.2) is 0 Å². The van der Waals surface area contributed by atoms with Crippen LogP contribution in [0, 0.1) is 11.3 Å². The summed E-state index contributed by atoms with van der Waals surface area (Å²) in [5.41, 5.74) is 8.33. The van der Waals surface area contributed by atoms with Crippen molar-refractivity contribution >= 4 is 28.9 Å². The third-order valence-corrected chi connectivity index (χ3v) is 6.00. The average molecular weight is 461 g/mol. The Labute approximate surface area is 194 Å². The second-order valence-corrected chi connectivity index (χ2v) is 9.69. The second kappa shape index (κ2) is 15.3. The minimum absolute atomic E-state index is 0.148. The van der Waals surface area contributed by atoms with Crippen molar-refractivity contribution in [2.45, 2.75) is 59.6 Å². The Morgan fingerprint density at radius 1 is 1.13 bits per heavy atom. The topological polar surface area (TPSA) is 50.5 Å². The lowest BCUT2D eigenvalue weighted by molar-refractivity contribution is -0.0287. The number of nitrogens with two attached hydrogens (primary N) is 1. The standard InChI is InChI=1S/C24H43Cl2N3O/c1-5-23(30-19-24(3,4)11-14-27)20(2)10-15-28-18-21-6-8-22(9-7-21)29(16-12-25)17-13-26/h6-9,20,23,28H,5,10-19,27H2,1-4H3. The zero-order valence-corrected chi connectivity index (χ0v) is 20.9. The normalized spacial score (nSPS) is 14.0. The monoisotopic (exact) mass is 459 g/mol. The Morgan fingerprint density at radius 2 is 1.77 bits per heavy atom. The van der Waals surface area contributed by atoms with Gasteiger partial charge in [0.05, 0.1) is 12.7 Å². The fourth-order valence-corrected chi connectivity index (χ4v) is 4.04. The van der Waals surface area contributed by atoms with Gasteiger partial charge in [0.2, 0.25) is 0 Å². The zero-order chi connectivity index (χ0) is 22.4. The average Bonchev–Trinajstić information content (AvgIpc) is 2.72. The minimum Gasteiger partial charge on any atom is -0.377 e. The quantitative estimate of drug-likeness (QED) is 0.246. The number of hydrogen-bond acceptors (Lipinski definition) is 4. The zero-order valence-electron chi connectivity index (χ0n) is 19.4. The van der Waals surface area contributed by atoms with Crippen LogP contribution in [0.15, 0.2) is 24.3 Å². The summed E-state index contributed by atoms with van der Waals surface area (Å²) in [6.45, 7) is 13.9. The molecule has 0 aliphatic carbocycles. The third-order valence-electron chi connectivity index (χ3n) is 5.66. The predicted molar refractivity (Wildman–Crippen MR) is 133 cm³/mol. The van der Waals surface area contributed by atoms with Crippen molar-refractivity contribution in [3.05, 3.63) is 29.8 Å². The van der Waals surface area contributed by atoms with Gasteiger partial charge in [-0.1, -0.05) is 39.8 Å². The van der Waals surface area contributed by atoms with E-state index in [1.54, 1.807) is 0 Å². The highest BCUT2D eigenvalue weighted by molar-refractivity contribution is 6.18. The highest BCUT2D eigenvalue weighted by Crippen LogP contribution is 2.23. The summed E-state index contributed by atoms with van der Waals surface area (Å²) < 4.78 is 6.25. The number of benzene rings is 1. The van der Waals surface area contributed by atoms with Crippen LogP contribution < -0.4 is 16.0 Å². The summed E-state index contributed by atoms with van der Waals surface area (Å²) in [6, 6.07) is 8.67. The van der Waals surface area contributed by atoms with E-state index in [-0.39, 0.29) is 5.41 Å². The van der Waals surface area contributed by atoms with Gasteiger partial charge in [0.1, 0.15) is 0 Å². The van der Waals surface area contributed by atoms with Crippen molar-refractivity contribution in [3.8, 4) is 0 Å². The summed E-state index contributed by atoms with van der Waals surface area (Å²) in [5.74, 6) is 1.73. The van der Waals surface area contributed by atoms with E-state index in [9.17, 15) is 0 Å². The van der Waals surface area contributed by atoms with Gasteiger partial charge in [0.15, 0.2) is 0 Å². The number of halogens is 2. The fourth-order valence-electron chi connectivity index (χ4n) is 3.63. The molecule has 0 heterocycles. The molecule has 0 aliphatic rings. The maximum absolute atomic E-state index is 6.25. The van der Waals surface area contributed by atoms with Crippen LogP contribution in [0.1, 0.15) is 52.5 Å². The van der Waals surface area contributed by atoms with Crippen molar-refractivity contribution in [3.63, 3.8) is 0 Å². The number of anilines is 1. The lowest BCUT2D eigenvalue weighted by atomic mass is 9.90. The summed E-state index contributed by atoms with van der Waals surface area (Å²) in [4.78, 5) is 2.22. The van der Waals surface area contributed by atoms with Crippen molar-refractivity contribution < 1.29 is 4.74 Å². The Kier molecular flexibility index (Phi) is 14.0.